The summed E-state index contributed by atoms with van der Waals surface area (Å²) in [7, 11) is 0. The number of nitrogens with zero attached hydrogens (tertiary/aromatic N) is 1. The van der Waals surface area contributed by atoms with Crippen LogP contribution in [-0.2, 0) is 19.4 Å². The summed E-state index contributed by atoms with van der Waals surface area (Å²) in [5.41, 5.74) is 7.26. The van der Waals surface area contributed by atoms with Gasteiger partial charge in [-0.15, -0.1) is 0 Å². The van der Waals surface area contributed by atoms with Crippen molar-refractivity contribution in [3.63, 3.8) is 0 Å². The molecule has 0 aromatic heterocycles. The molecule has 2 N–H and O–H groups in total. The van der Waals surface area contributed by atoms with Crippen molar-refractivity contribution in [2.75, 3.05) is 38.0 Å². The van der Waals surface area contributed by atoms with Gasteiger partial charge in [0, 0.05) is 45.0 Å². The van der Waals surface area contributed by atoms with Gasteiger partial charge in [0.05, 0.1) is 0 Å². The minimum Gasteiger partial charge on any atom is -0.385 e. The van der Waals surface area contributed by atoms with E-state index in [-0.39, 0.29) is 0 Å². The molecule has 126 valence electrons. The van der Waals surface area contributed by atoms with Crippen molar-refractivity contribution >= 4 is 5.69 Å². The maximum absolute atomic E-state index is 3.67. The largest absolute Gasteiger partial charge is 0.385 e. The van der Waals surface area contributed by atoms with Gasteiger partial charge >= 0.3 is 0 Å². The van der Waals surface area contributed by atoms with E-state index < -0.39 is 0 Å². The van der Waals surface area contributed by atoms with Gasteiger partial charge in [0.1, 0.15) is 0 Å². The molecule has 0 amide bonds. The summed E-state index contributed by atoms with van der Waals surface area (Å²) >= 11 is 0. The molecule has 2 heterocycles. The molecule has 1 saturated heterocycles. The molecular formula is C21H27N3. The lowest BCUT2D eigenvalue weighted by Gasteiger charge is -2.30. The Bertz CT molecular complexity index is 675. The molecule has 4 rings (SSSR count). The lowest BCUT2D eigenvalue weighted by Crippen LogP contribution is -2.43. The van der Waals surface area contributed by atoms with Gasteiger partial charge in [0.2, 0.25) is 0 Å². The van der Waals surface area contributed by atoms with Crippen molar-refractivity contribution in [1.82, 2.24) is 10.2 Å². The molecular weight excluding hydrogens is 294 g/mol. The Kier molecular flexibility index (Phi) is 4.81. The third-order valence-electron chi connectivity index (χ3n) is 5.14. The molecule has 1 fully saturated rings. The first kappa shape index (κ1) is 15.7. The highest BCUT2D eigenvalue weighted by atomic mass is 15.2. The van der Waals surface area contributed by atoms with E-state index in [9.17, 15) is 0 Å². The van der Waals surface area contributed by atoms with Crippen LogP contribution in [0.2, 0.25) is 0 Å². The minimum absolute atomic E-state index is 1.03. The van der Waals surface area contributed by atoms with Gasteiger partial charge in [-0.2, -0.15) is 0 Å². The molecule has 0 atom stereocenters. The van der Waals surface area contributed by atoms with Crippen molar-refractivity contribution in [2.45, 2.75) is 25.8 Å². The SMILES string of the molecule is c1ccc(Cc2cc3c(c(CN4CCNCC4)c2)NCCC3)cc1. The number of aryl methyl sites for hydroxylation is 1. The highest BCUT2D eigenvalue weighted by molar-refractivity contribution is 5.61. The maximum atomic E-state index is 3.67. The van der Waals surface area contributed by atoms with Crippen LogP contribution in [0, 0.1) is 0 Å². The van der Waals surface area contributed by atoms with Crippen LogP contribution in [0.25, 0.3) is 0 Å². The Morgan fingerprint density at radius 1 is 0.917 bits per heavy atom. The number of fused-ring (bicyclic) bond motifs is 1. The Morgan fingerprint density at radius 3 is 2.58 bits per heavy atom. The quantitative estimate of drug-likeness (QED) is 0.906. The van der Waals surface area contributed by atoms with E-state index in [2.05, 4.69) is 58.0 Å². The molecule has 0 saturated carbocycles. The van der Waals surface area contributed by atoms with Crippen LogP contribution < -0.4 is 10.6 Å². The first-order chi connectivity index (χ1) is 11.9. The van der Waals surface area contributed by atoms with Gasteiger partial charge < -0.3 is 10.6 Å². The molecule has 2 aromatic carbocycles. The summed E-state index contributed by atoms with van der Waals surface area (Å²) < 4.78 is 0. The summed E-state index contributed by atoms with van der Waals surface area (Å²) in [6.07, 6.45) is 3.48. The fourth-order valence-corrected chi connectivity index (χ4v) is 3.92. The Hall–Kier alpha value is -1.84. The molecule has 0 spiro atoms. The molecule has 0 bridgehead atoms. The van der Waals surface area contributed by atoms with Crippen molar-refractivity contribution in [3.8, 4) is 0 Å². The van der Waals surface area contributed by atoms with Crippen LogP contribution >= 0.6 is 0 Å². The van der Waals surface area contributed by atoms with Crippen molar-refractivity contribution < 1.29 is 0 Å². The molecule has 2 aliphatic rings. The highest BCUT2D eigenvalue weighted by Crippen LogP contribution is 2.30. The van der Waals surface area contributed by atoms with Crippen LogP contribution in [0.3, 0.4) is 0 Å². The lowest BCUT2D eigenvalue weighted by atomic mass is 9.93. The second-order valence-electron chi connectivity index (χ2n) is 7.01. The van der Waals surface area contributed by atoms with Gasteiger partial charge in [-0.05, 0) is 41.5 Å². The van der Waals surface area contributed by atoms with Gasteiger partial charge in [0.25, 0.3) is 0 Å². The number of anilines is 1. The van der Waals surface area contributed by atoms with Crippen LogP contribution in [0.4, 0.5) is 5.69 Å². The van der Waals surface area contributed by atoms with Crippen molar-refractivity contribution in [1.29, 1.82) is 0 Å². The minimum atomic E-state index is 1.03. The number of hydrogen-bond donors (Lipinski definition) is 2. The Balaban J connectivity index is 1.61. The number of piperazine rings is 1. The zero-order valence-electron chi connectivity index (χ0n) is 14.4. The third kappa shape index (κ3) is 3.63. The summed E-state index contributed by atoms with van der Waals surface area (Å²) in [5.74, 6) is 0. The smallest absolute Gasteiger partial charge is 0.0418 e. The van der Waals surface area contributed by atoms with Crippen LogP contribution in [0.5, 0.6) is 0 Å². The van der Waals surface area contributed by atoms with Gasteiger partial charge in [0.15, 0.2) is 0 Å². The predicted octanol–water partition coefficient (Wildman–Crippen LogP) is 3.04. The van der Waals surface area contributed by atoms with E-state index in [1.54, 1.807) is 0 Å². The maximum Gasteiger partial charge on any atom is 0.0418 e. The molecule has 2 aliphatic heterocycles. The van der Waals surface area contributed by atoms with Gasteiger partial charge in [-0.1, -0.05) is 42.5 Å². The van der Waals surface area contributed by atoms with E-state index in [1.807, 2.05) is 0 Å². The predicted molar refractivity (Wildman–Crippen MR) is 101 cm³/mol. The van der Waals surface area contributed by atoms with E-state index in [1.165, 1.54) is 40.8 Å². The van der Waals surface area contributed by atoms with E-state index in [0.29, 0.717) is 0 Å². The first-order valence-electron chi connectivity index (χ1n) is 9.24. The van der Waals surface area contributed by atoms with Crippen LogP contribution in [0.15, 0.2) is 42.5 Å². The van der Waals surface area contributed by atoms with E-state index >= 15 is 0 Å². The van der Waals surface area contributed by atoms with Gasteiger partial charge in [-0.25, -0.2) is 0 Å². The molecule has 24 heavy (non-hydrogen) atoms. The molecule has 0 unspecified atom stereocenters. The molecule has 3 nitrogen and oxygen atoms in total. The molecule has 3 heteroatoms. The second-order valence-corrected chi connectivity index (χ2v) is 7.01. The Labute approximate surface area is 145 Å². The summed E-state index contributed by atoms with van der Waals surface area (Å²) in [6, 6.07) is 15.7. The fraction of sp³-hybridized carbons (Fsp3) is 0.429. The third-order valence-corrected chi connectivity index (χ3v) is 5.14. The number of nitrogens with one attached hydrogen (secondary N) is 2. The zero-order chi connectivity index (χ0) is 16.2. The standard InChI is InChI=1S/C21H27N3/c1-2-5-17(6-3-1)13-18-14-19-7-4-8-23-21(19)20(15-18)16-24-11-9-22-10-12-24/h1-3,5-6,14-15,22-23H,4,7-13,16H2. The fourth-order valence-electron chi connectivity index (χ4n) is 3.92. The molecule has 0 aliphatic carbocycles. The average molecular weight is 321 g/mol. The average Bonchev–Trinajstić information content (AvgIpc) is 2.63. The molecule has 0 radical (unpaired) electrons. The van der Waals surface area contributed by atoms with Crippen molar-refractivity contribution in [2.24, 2.45) is 0 Å². The number of rotatable bonds is 4. The molecule has 2 aromatic rings. The van der Waals surface area contributed by atoms with Crippen LogP contribution in [-0.4, -0.2) is 37.6 Å². The highest BCUT2D eigenvalue weighted by Gasteiger charge is 2.18. The topological polar surface area (TPSA) is 27.3 Å². The summed E-state index contributed by atoms with van der Waals surface area (Å²) in [6.45, 7) is 6.70. The van der Waals surface area contributed by atoms with Gasteiger partial charge in [-0.3, -0.25) is 4.90 Å². The van der Waals surface area contributed by atoms with Crippen molar-refractivity contribution in [3.05, 3.63) is 64.7 Å². The summed E-state index contributed by atoms with van der Waals surface area (Å²) in [4.78, 5) is 2.58. The van der Waals surface area contributed by atoms with E-state index in [4.69, 9.17) is 0 Å². The normalized spacial score (nSPS) is 18.0. The Morgan fingerprint density at radius 2 is 1.75 bits per heavy atom. The number of benzene rings is 2. The second kappa shape index (κ2) is 7.37. The monoisotopic (exact) mass is 321 g/mol. The summed E-state index contributed by atoms with van der Waals surface area (Å²) in [5, 5.41) is 7.12. The zero-order valence-corrected chi connectivity index (χ0v) is 14.4. The lowest BCUT2D eigenvalue weighted by molar-refractivity contribution is 0.233. The first-order valence-corrected chi connectivity index (χ1v) is 9.24. The van der Waals surface area contributed by atoms with E-state index in [0.717, 1.165) is 45.7 Å². The number of hydrogen-bond acceptors (Lipinski definition) is 3. The van der Waals surface area contributed by atoms with Crippen LogP contribution in [0.1, 0.15) is 28.7 Å².